The van der Waals surface area contributed by atoms with Crippen molar-refractivity contribution < 1.29 is 28.5 Å². The van der Waals surface area contributed by atoms with Crippen molar-refractivity contribution in [3.63, 3.8) is 0 Å². The van der Waals surface area contributed by atoms with Crippen molar-refractivity contribution >= 4 is 40.1 Å². The van der Waals surface area contributed by atoms with E-state index < -0.39 is 23.5 Å². The molecule has 1 aliphatic rings. The van der Waals surface area contributed by atoms with Crippen LogP contribution in [-0.4, -0.2) is 57.1 Å². The van der Waals surface area contributed by atoms with Crippen LogP contribution in [-0.2, 0) is 14.3 Å². The molecule has 186 valence electrons. The number of benzene rings is 1. The van der Waals surface area contributed by atoms with Gasteiger partial charge in [0.2, 0.25) is 0 Å². The number of aromatic nitrogens is 3. The van der Waals surface area contributed by atoms with Crippen LogP contribution in [0.25, 0.3) is 22.2 Å². The van der Waals surface area contributed by atoms with E-state index in [1.807, 2.05) is 0 Å². The Bertz CT molecular complexity index is 1460. The molecule has 1 aromatic carbocycles. The van der Waals surface area contributed by atoms with Gasteiger partial charge >= 0.3 is 0 Å². The Balaban J connectivity index is 1.38. The summed E-state index contributed by atoms with van der Waals surface area (Å²) in [6, 6.07) is 9.97. The summed E-state index contributed by atoms with van der Waals surface area (Å²) in [5.41, 5.74) is 6.58. The van der Waals surface area contributed by atoms with Crippen LogP contribution in [0.3, 0.4) is 0 Å². The molecule has 2 atom stereocenters. The third kappa shape index (κ3) is 3.85. The Hall–Kier alpha value is -4.29. The SMILES string of the molecule is Cc1noc(C)c1-c1cccc(N2CCOC(C)(C(O)C(=O)Nc3ccc4c(N)noc4c3)C2=O)n1. The van der Waals surface area contributed by atoms with Crippen molar-refractivity contribution in [3.8, 4) is 11.3 Å². The molecule has 2 unspecified atom stereocenters. The molecule has 4 heterocycles. The summed E-state index contributed by atoms with van der Waals surface area (Å²) in [6.07, 6.45) is -1.81. The molecule has 4 N–H and O–H groups in total. The lowest BCUT2D eigenvalue weighted by molar-refractivity contribution is -0.170. The van der Waals surface area contributed by atoms with Gasteiger partial charge < -0.3 is 29.9 Å². The van der Waals surface area contributed by atoms with Crippen molar-refractivity contribution in [2.45, 2.75) is 32.5 Å². The topological polar surface area (TPSA) is 170 Å². The fourth-order valence-electron chi connectivity index (χ4n) is 4.25. The number of hydrogen-bond donors (Lipinski definition) is 3. The van der Waals surface area contributed by atoms with Gasteiger partial charge in [0, 0.05) is 11.8 Å². The minimum Gasteiger partial charge on any atom is -0.380 e. The number of rotatable bonds is 5. The summed E-state index contributed by atoms with van der Waals surface area (Å²) >= 11 is 0. The summed E-state index contributed by atoms with van der Waals surface area (Å²) in [4.78, 5) is 32.4. The van der Waals surface area contributed by atoms with Gasteiger partial charge in [-0.05, 0) is 45.0 Å². The number of amides is 2. The fourth-order valence-corrected chi connectivity index (χ4v) is 4.25. The van der Waals surface area contributed by atoms with Crippen molar-refractivity contribution in [3.05, 3.63) is 47.9 Å². The number of pyridine rings is 1. The highest BCUT2D eigenvalue weighted by Gasteiger charge is 2.50. The molecule has 5 rings (SSSR count). The molecule has 3 aromatic heterocycles. The average Bonchev–Trinajstić information content (AvgIpc) is 3.41. The number of nitrogens with one attached hydrogen (secondary N) is 1. The lowest BCUT2D eigenvalue weighted by atomic mass is 9.94. The zero-order valence-corrected chi connectivity index (χ0v) is 19.8. The Morgan fingerprint density at radius 2 is 2.03 bits per heavy atom. The third-order valence-electron chi connectivity index (χ3n) is 6.22. The molecule has 0 saturated carbocycles. The molecule has 0 spiro atoms. The van der Waals surface area contributed by atoms with Gasteiger partial charge in [-0.3, -0.25) is 14.5 Å². The maximum atomic E-state index is 13.5. The second-order valence-corrected chi connectivity index (χ2v) is 8.66. The number of morpholine rings is 1. The van der Waals surface area contributed by atoms with E-state index >= 15 is 0 Å². The predicted molar refractivity (Wildman–Crippen MR) is 129 cm³/mol. The summed E-state index contributed by atoms with van der Waals surface area (Å²) < 4.78 is 16.0. The standard InChI is InChI=1S/C24H24N6O6/c1-12-19(13(2)35-28-12)16-5-4-6-18(27-16)30-9-10-34-24(3,23(30)33)20(31)22(32)26-14-7-8-15-17(11-14)36-29-21(15)25/h4-8,11,20,31H,9-10H2,1-3H3,(H2,25,29)(H,26,32). The molecular formula is C24H24N6O6. The number of aryl methyl sites for hydroxylation is 2. The van der Waals surface area contributed by atoms with Crippen molar-refractivity contribution in [1.82, 2.24) is 15.3 Å². The molecular weight excluding hydrogens is 468 g/mol. The van der Waals surface area contributed by atoms with Gasteiger partial charge in [0.15, 0.2) is 23.1 Å². The second kappa shape index (κ2) is 8.73. The molecule has 1 aliphatic heterocycles. The number of hydrogen-bond acceptors (Lipinski definition) is 10. The second-order valence-electron chi connectivity index (χ2n) is 8.66. The van der Waals surface area contributed by atoms with E-state index in [9.17, 15) is 14.7 Å². The van der Waals surface area contributed by atoms with Crippen LogP contribution in [0, 0.1) is 13.8 Å². The highest BCUT2D eigenvalue weighted by Crippen LogP contribution is 2.31. The first-order valence-corrected chi connectivity index (χ1v) is 11.2. The largest absolute Gasteiger partial charge is 0.380 e. The maximum absolute atomic E-state index is 13.5. The van der Waals surface area contributed by atoms with Crippen LogP contribution >= 0.6 is 0 Å². The number of anilines is 3. The van der Waals surface area contributed by atoms with Gasteiger partial charge in [-0.2, -0.15) is 0 Å². The summed E-state index contributed by atoms with van der Waals surface area (Å²) in [5.74, 6) is -0.236. The molecule has 2 amide bonds. The molecule has 0 radical (unpaired) electrons. The Morgan fingerprint density at radius 3 is 2.78 bits per heavy atom. The number of nitrogen functional groups attached to an aromatic ring is 1. The van der Waals surface area contributed by atoms with E-state index in [1.54, 1.807) is 44.2 Å². The third-order valence-corrected chi connectivity index (χ3v) is 6.22. The van der Waals surface area contributed by atoms with E-state index in [2.05, 4.69) is 20.6 Å². The lowest BCUT2D eigenvalue weighted by Crippen LogP contribution is -2.63. The number of fused-ring (bicyclic) bond motifs is 1. The number of aliphatic hydroxyl groups is 1. The van der Waals surface area contributed by atoms with Crippen LogP contribution < -0.4 is 16.0 Å². The monoisotopic (exact) mass is 492 g/mol. The Morgan fingerprint density at radius 1 is 1.22 bits per heavy atom. The number of nitrogens with two attached hydrogens (primary N) is 1. The normalized spacial score (nSPS) is 19.0. The predicted octanol–water partition coefficient (Wildman–Crippen LogP) is 2.20. The Kier molecular flexibility index (Phi) is 5.69. The van der Waals surface area contributed by atoms with Crippen LogP contribution in [0.2, 0.25) is 0 Å². The number of ether oxygens (including phenoxy) is 1. The highest BCUT2D eigenvalue weighted by molar-refractivity contribution is 6.06. The molecule has 0 bridgehead atoms. The highest BCUT2D eigenvalue weighted by atomic mass is 16.5. The smallest absolute Gasteiger partial charge is 0.263 e. The van der Waals surface area contributed by atoms with E-state index in [1.165, 1.54) is 17.9 Å². The number of carbonyl (C=O) groups is 2. The number of aliphatic hydroxyl groups excluding tert-OH is 1. The van der Waals surface area contributed by atoms with E-state index in [0.717, 1.165) is 5.56 Å². The number of carbonyl (C=O) groups excluding carboxylic acids is 2. The molecule has 12 nitrogen and oxygen atoms in total. The van der Waals surface area contributed by atoms with E-state index in [-0.39, 0.29) is 19.0 Å². The van der Waals surface area contributed by atoms with Gasteiger partial charge in [0.05, 0.1) is 35.5 Å². The van der Waals surface area contributed by atoms with Crippen molar-refractivity contribution in [1.29, 1.82) is 0 Å². The first kappa shape index (κ1) is 23.5. The average molecular weight is 492 g/mol. The summed E-state index contributed by atoms with van der Waals surface area (Å²) in [5, 5.41) is 21.7. The van der Waals surface area contributed by atoms with Gasteiger partial charge in [-0.1, -0.05) is 16.4 Å². The van der Waals surface area contributed by atoms with Gasteiger partial charge in [0.1, 0.15) is 11.6 Å². The van der Waals surface area contributed by atoms with Gasteiger partial charge in [0.25, 0.3) is 11.8 Å². The van der Waals surface area contributed by atoms with Crippen molar-refractivity contribution in [2.24, 2.45) is 0 Å². The zero-order valence-electron chi connectivity index (χ0n) is 19.8. The van der Waals surface area contributed by atoms with Crippen LogP contribution in [0.5, 0.6) is 0 Å². The molecule has 36 heavy (non-hydrogen) atoms. The van der Waals surface area contributed by atoms with Gasteiger partial charge in [-0.15, -0.1) is 0 Å². The van der Waals surface area contributed by atoms with E-state index in [0.29, 0.717) is 39.6 Å². The van der Waals surface area contributed by atoms with Crippen LogP contribution in [0.1, 0.15) is 18.4 Å². The molecule has 1 saturated heterocycles. The minimum atomic E-state index is -1.84. The van der Waals surface area contributed by atoms with Gasteiger partial charge in [-0.25, -0.2) is 4.98 Å². The first-order chi connectivity index (χ1) is 17.2. The zero-order chi connectivity index (χ0) is 25.6. The first-order valence-electron chi connectivity index (χ1n) is 11.2. The fraction of sp³-hybridized carbons (Fsp3) is 0.292. The summed E-state index contributed by atoms with van der Waals surface area (Å²) in [7, 11) is 0. The van der Waals surface area contributed by atoms with Crippen molar-refractivity contribution in [2.75, 3.05) is 29.1 Å². The quantitative estimate of drug-likeness (QED) is 0.375. The van der Waals surface area contributed by atoms with E-state index in [4.69, 9.17) is 19.5 Å². The summed E-state index contributed by atoms with van der Waals surface area (Å²) in [6.45, 7) is 5.26. The molecule has 12 heteroatoms. The Labute approximate surface area is 205 Å². The lowest BCUT2D eigenvalue weighted by Gasteiger charge is -2.40. The molecule has 0 aliphatic carbocycles. The van der Waals surface area contributed by atoms with Crippen LogP contribution in [0.15, 0.2) is 45.4 Å². The molecule has 4 aromatic rings. The number of nitrogens with zero attached hydrogens (tertiary/aromatic N) is 4. The maximum Gasteiger partial charge on any atom is 0.263 e. The minimum absolute atomic E-state index is 0.0904. The van der Waals surface area contributed by atoms with Crippen LogP contribution in [0.4, 0.5) is 17.3 Å². The molecule has 1 fully saturated rings.